The Bertz CT molecular complexity index is 344. The number of nitrogens with one attached hydrogen (secondary N) is 1. The van der Waals surface area contributed by atoms with Crippen LogP contribution in [0.4, 0.5) is 0 Å². The number of rotatable bonds is 8. The molecule has 1 unspecified atom stereocenters. The van der Waals surface area contributed by atoms with E-state index in [0.29, 0.717) is 6.04 Å². The van der Waals surface area contributed by atoms with E-state index in [9.17, 15) is 0 Å². The fraction of sp³-hybridized carbons (Fsp3) is 0.786. The molecule has 1 heterocycles. The summed E-state index contributed by atoms with van der Waals surface area (Å²) in [5.74, 6) is 0. The molecule has 4 nitrogen and oxygen atoms in total. The molecule has 1 aromatic rings. The molecule has 18 heavy (non-hydrogen) atoms. The minimum atomic E-state index is 0.540. The molecule has 1 aromatic heterocycles. The Morgan fingerprint density at radius 2 is 2.11 bits per heavy atom. The summed E-state index contributed by atoms with van der Waals surface area (Å²) < 4.78 is 2.10. The Morgan fingerprint density at radius 3 is 2.67 bits per heavy atom. The molecule has 4 heteroatoms. The van der Waals surface area contributed by atoms with Crippen LogP contribution in [0, 0.1) is 0 Å². The normalized spacial score (nSPS) is 13.2. The molecule has 0 aliphatic carbocycles. The first-order valence-electron chi connectivity index (χ1n) is 7.00. The Balaban J connectivity index is 2.44. The highest BCUT2D eigenvalue weighted by Gasteiger charge is 2.07. The van der Waals surface area contributed by atoms with Crippen molar-refractivity contribution in [2.24, 2.45) is 0 Å². The first-order valence-corrected chi connectivity index (χ1v) is 7.00. The van der Waals surface area contributed by atoms with E-state index in [0.717, 1.165) is 26.1 Å². The van der Waals surface area contributed by atoms with Crippen molar-refractivity contribution in [3.05, 3.63) is 17.5 Å². The maximum Gasteiger partial charge on any atom is 0.0625 e. The lowest BCUT2D eigenvalue weighted by Gasteiger charge is -2.16. The van der Waals surface area contributed by atoms with Crippen LogP contribution < -0.4 is 5.32 Å². The van der Waals surface area contributed by atoms with Crippen LogP contribution >= 0.6 is 0 Å². The zero-order chi connectivity index (χ0) is 13.5. The van der Waals surface area contributed by atoms with Crippen molar-refractivity contribution in [3.8, 4) is 0 Å². The molecule has 0 aliphatic heterocycles. The van der Waals surface area contributed by atoms with Crippen molar-refractivity contribution < 1.29 is 0 Å². The van der Waals surface area contributed by atoms with Crippen molar-refractivity contribution in [2.45, 2.75) is 52.7 Å². The standard InChI is InChI=1S/C14H28N4/c1-6-13-10-14(18(7-2)16-13)11-15-12(3)8-9-17(4)5/h10,12,15H,6-9,11H2,1-5H3. The van der Waals surface area contributed by atoms with Gasteiger partial charge in [-0.25, -0.2) is 0 Å². The molecule has 0 aromatic carbocycles. The van der Waals surface area contributed by atoms with E-state index in [2.05, 4.69) is 60.9 Å². The molecular formula is C14H28N4. The second-order valence-electron chi connectivity index (χ2n) is 5.17. The van der Waals surface area contributed by atoms with Gasteiger partial charge in [0.1, 0.15) is 0 Å². The molecule has 1 atom stereocenters. The lowest BCUT2D eigenvalue weighted by Crippen LogP contribution is -2.30. The zero-order valence-electron chi connectivity index (χ0n) is 12.5. The van der Waals surface area contributed by atoms with Crippen LogP contribution in [0.2, 0.25) is 0 Å². The fourth-order valence-corrected chi connectivity index (χ4v) is 1.94. The van der Waals surface area contributed by atoms with Crippen LogP contribution in [0.1, 0.15) is 38.6 Å². The Kier molecular flexibility index (Phi) is 6.36. The third-order valence-corrected chi connectivity index (χ3v) is 3.22. The van der Waals surface area contributed by atoms with Gasteiger partial charge in [-0.2, -0.15) is 5.10 Å². The summed E-state index contributed by atoms with van der Waals surface area (Å²) >= 11 is 0. The predicted octanol–water partition coefficient (Wildman–Crippen LogP) is 1.90. The van der Waals surface area contributed by atoms with Crippen molar-refractivity contribution in [1.29, 1.82) is 0 Å². The molecule has 0 radical (unpaired) electrons. The van der Waals surface area contributed by atoms with Gasteiger partial charge in [0.15, 0.2) is 0 Å². The first-order chi connectivity index (χ1) is 8.56. The second kappa shape index (κ2) is 7.54. The molecule has 1 rings (SSSR count). The van der Waals surface area contributed by atoms with Crippen LogP contribution in [-0.4, -0.2) is 41.4 Å². The molecule has 0 amide bonds. The van der Waals surface area contributed by atoms with E-state index < -0.39 is 0 Å². The van der Waals surface area contributed by atoms with Crippen molar-refractivity contribution in [1.82, 2.24) is 20.0 Å². The Morgan fingerprint density at radius 1 is 1.39 bits per heavy atom. The lowest BCUT2D eigenvalue weighted by atomic mass is 10.2. The van der Waals surface area contributed by atoms with Gasteiger partial charge in [0, 0.05) is 19.1 Å². The quantitative estimate of drug-likeness (QED) is 0.767. The molecule has 0 fully saturated rings. The molecule has 0 saturated heterocycles. The Labute approximate surface area is 111 Å². The van der Waals surface area contributed by atoms with Gasteiger partial charge < -0.3 is 10.2 Å². The van der Waals surface area contributed by atoms with Gasteiger partial charge in [-0.05, 0) is 53.4 Å². The maximum atomic E-state index is 4.57. The summed E-state index contributed by atoms with van der Waals surface area (Å²) in [4.78, 5) is 2.23. The lowest BCUT2D eigenvalue weighted by molar-refractivity contribution is 0.364. The van der Waals surface area contributed by atoms with E-state index in [4.69, 9.17) is 0 Å². The SMILES string of the molecule is CCc1cc(CNC(C)CCN(C)C)n(CC)n1. The van der Waals surface area contributed by atoms with Crippen LogP contribution in [0.3, 0.4) is 0 Å². The maximum absolute atomic E-state index is 4.57. The van der Waals surface area contributed by atoms with Gasteiger partial charge in [0.25, 0.3) is 0 Å². The summed E-state index contributed by atoms with van der Waals surface area (Å²) in [6.45, 7) is 9.53. The largest absolute Gasteiger partial charge is 0.309 e. The number of hydrogen-bond donors (Lipinski definition) is 1. The fourth-order valence-electron chi connectivity index (χ4n) is 1.94. The van der Waals surface area contributed by atoms with Gasteiger partial charge in [-0.3, -0.25) is 4.68 Å². The van der Waals surface area contributed by atoms with Gasteiger partial charge >= 0.3 is 0 Å². The third kappa shape index (κ3) is 4.78. The topological polar surface area (TPSA) is 33.1 Å². The molecule has 0 bridgehead atoms. The number of aryl methyl sites for hydroxylation is 2. The average molecular weight is 252 g/mol. The van der Waals surface area contributed by atoms with Crippen molar-refractivity contribution >= 4 is 0 Å². The Hall–Kier alpha value is -0.870. The summed E-state index contributed by atoms with van der Waals surface area (Å²) in [5, 5.41) is 8.15. The van der Waals surface area contributed by atoms with Crippen LogP contribution in [0.5, 0.6) is 0 Å². The molecule has 104 valence electrons. The van der Waals surface area contributed by atoms with Gasteiger partial charge in [0.2, 0.25) is 0 Å². The number of aromatic nitrogens is 2. The molecular weight excluding hydrogens is 224 g/mol. The van der Waals surface area contributed by atoms with E-state index in [1.165, 1.54) is 17.8 Å². The highest BCUT2D eigenvalue weighted by Crippen LogP contribution is 2.06. The predicted molar refractivity (Wildman–Crippen MR) is 76.8 cm³/mol. The number of nitrogens with zero attached hydrogens (tertiary/aromatic N) is 3. The zero-order valence-corrected chi connectivity index (χ0v) is 12.5. The van der Waals surface area contributed by atoms with E-state index >= 15 is 0 Å². The van der Waals surface area contributed by atoms with Crippen molar-refractivity contribution in [2.75, 3.05) is 20.6 Å². The minimum Gasteiger partial charge on any atom is -0.309 e. The van der Waals surface area contributed by atoms with Crippen LogP contribution in [-0.2, 0) is 19.5 Å². The van der Waals surface area contributed by atoms with E-state index in [-0.39, 0.29) is 0 Å². The summed E-state index contributed by atoms with van der Waals surface area (Å²) in [6, 6.07) is 2.76. The summed E-state index contributed by atoms with van der Waals surface area (Å²) in [5.41, 5.74) is 2.49. The highest BCUT2D eigenvalue weighted by atomic mass is 15.3. The minimum absolute atomic E-state index is 0.540. The molecule has 0 saturated carbocycles. The molecule has 0 aliphatic rings. The number of hydrogen-bond acceptors (Lipinski definition) is 3. The van der Waals surface area contributed by atoms with Gasteiger partial charge in [0.05, 0.1) is 11.4 Å². The molecule has 0 spiro atoms. The second-order valence-corrected chi connectivity index (χ2v) is 5.17. The van der Waals surface area contributed by atoms with Crippen LogP contribution in [0.25, 0.3) is 0 Å². The average Bonchev–Trinajstić information content (AvgIpc) is 2.76. The van der Waals surface area contributed by atoms with Gasteiger partial charge in [-0.1, -0.05) is 6.92 Å². The van der Waals surface area contributed by atoms with Gasteiger partial charge in [-0.15, -0.1) is 0 Å². The highest BCUT2D eigenvalue weighted by molar-refractivity contribution is 5.10. The summed E-state index contributed by atoms with van der Waals surface area (Å²) in [6.07, 6.45) is 2.18. The summed E-state index contributed by atoms with van der Waals surface area (Å²) in [7, 11) is 4.23. The third-order valence-electron chi connectivity index (χ3n) is 3.22. The smallest absolute Gasteiger partial charge is 0.0625 e. The van der Waals surface area contributed by atoms with E-state index in [1.54, 1.807) is 0 Å². The van der Waals surface area contributed by atoms with Crippen LogP contribution in [0.15, 0.2) is 6.07 Å². The molecule has 1 N–H and O–H groups in total. The monoisotopic (exact) mass is 252 g/mol. The first kappa shape index (κ1) is 15.2. The van der Waals surface area contributed by atoms with E-state index in [1.807, 2.05) is 0 Å². The van der Waals surface area contributed by atoms with Crippen molar-refractivity contribution in [3.63, 3.8) is 0 Å².